The molecule has 0 bridgehead atoms. The molecular formula is C29H38ClN7O4S. The number of nitrogens with one attached hydrogen (secondary N) is 2. The van der Waals surface area contributed by atoms with Crippen LogP contribution in [-0.2, 0) is 32.3 Å². The van der Waals surface area contributed by atoms with Gasteiger partial charge in [0, 0.05) is 65.3 Å². The first kappa shape index (κ1) is 30.5. The van der Waals surface area contributed by atoms with Crippen molar-refractivity contribution in [2.45, 2.75) is 17.7 Å². The second kappa shape index (κ2) is 13.5. The number of methoxy groups -OCH3 is 1. The van der Waals surface area contributed by atoms with Crippen molar-refractivity contribution >= 4 is 50.5 Å². The van der Waals surface area contributed by atoms with Crippen molar-refractivity contribution in [2.75, 3.05) is 89.3 Å². The predicted octanol–water partition coefficient (Wildman–Crippen LogP) is 3.75. The highest BCUT2D eigenvalue weighted by atomic mass is 35.5. The Hall–Kier alpha value is -3.00. The van der Waals surface area contributed by atoms with Gasteiger partial charge in [-0.3, -0.25) is 0 Å². The zero-order chi connectivity index (χ0) is 29.7. The lowest BCUT2D eigenvalue weighted by molar-refractivity contribution is 0.122. The zero-order valence-electron chi connectivity index (χ0n) is 24.3. The first-order valence-electron chi connectivity index (χ1n) is 14.0. The summed E-state index contributed by atoms with van der Waals surface area (Å²) in [6, 6.07) is 11.6. The van der Waals surface area contributed by atoms with E-state index >= 15 is 0 Å². The van der Waals surface area contributed by atoms with Crippen LogP contribution in [-0.4, -0.2) is 101 Å². The monoisotopic (exact) mass is 615 g/mol. The van der Waals surface area contributed by atoms with Crippen molar-refractivity contribution in [1.29, 1.82) is 0 Å². The highest BCUT2D eigenvalue weighted by Gasteiger charge is 2.25. The van der Waals surface area contributed by atoms with E-state index in [0.717, 1.165) is 50.5 Å². The van der Waals surface area contributed by atoms with Crippen molar-refractivity contribution < 1.29 is 17.9 Å². The quantitative estimate of drug-likeness (QED) is 0.350. The van der Waals surface area contributed by atoms with Gasteiger partial charge in [0.1, 0.15) is 9.92 Å². The van der Waals surface area contributed by atoms with Crippen LogP contribution in [0.5, 0.6) is 0 Å². The fourth-order valence-corrected chi connectivity index (χ4v) is 6.31. The van der Waals surface area contributed by atoms with Crippen molar-refractivity contribution in [3.63, 3.8) is 0 Å². The number of anilines is 5. The van der Waals surface area contributed by atoms with E-state index in [1.54, 1.807) is 19.2 Å². The minimum atomic E-state index is -3.78. The molecule has 2 aromatic carbocycles. The van der Waals surface area contributed by atoms with Gasteiger partial charge < -0.3 is 29.9 Å². The van der Waals surface area contributed by atoms with Gasteiger partial charge in [-0.05, 0) is 54.3 Å². The maximum absolute atomic E-state index is 13.3. The molecule has 0 aliphatic carbocycles. The second-order valence-electron chi connectivity index (χ2n) is 10.5. The molecule has 3 heterocycles. The summed E-state index contributed by atoms with van der Waals surface area (Å²) in [6.07, 6.45) is 3.44. The molecule has 0 amide bonds. The average Bonchev–Trinajstić information content (AvgIpc) is 3.20. The number of halogens is 1. The molecule has 1 fully saturated rings. The topological polar surface area (TPSA) is 112 Å². The first-order valence-corrected chi connectivity index (χ1v) is 15.9. The van der Waals surface area contributed by atoms with Gasteiger partial charge >= 0.3 is 0 Å². The molecule has 0 radical (unpaired) electrons. The maximum Gasteiger partial charge on any atom is 0.244 e. The molecule has 5 rings (SSSR count). The number of sulfonamides is 1. The third-order valence-electron chi connectivity index (χ3n) is 7.57. The first-order chi connectivity index (χ1) is 20.2. The lowest BCUT2D eigenvalue weighted by atomic mass is 10.0. The molecule has 2 aliphatic rings. The lowest BCUT2D eigenvalue weighted by Crippen LogP contribution is -2.36. The van der Waals surface area contributed by atoms with E-state index in [-0.39, 0.29) is 9.92 Å². The van der Waals surface area contributed by atoms with E-state index in [1.807, 2.05) is 12.1 Å². The molecule has 3 aromatic rings. The molecule has 11 nitrogen and oxygen atoms in total. The van der Waals surface area contributed by atoms with Gasteiger partial charge in [0.25, 0.3) is 0 Å². The van der Waals surface area contributed by atoms with Crippen LogP contribution < -0.4 is 15.5 Å². The standard InChI is InChI=1S/C29H38ClN7O4S/c1-35(2)42(38,39)27-19-24(37-13-16-41-17-14-37)6-7-26(27)33-28-25(30)20-31-29(34-28)32-23-5-4-21-8-10-36(12-15-40-3)11-9-22(21)18-23/h4-7,18-20H,8-17H2,1-3H3,(H2,31,32,33,34). The third-order valence-corrected chi connectivity index (χ3v) is 9.70. The predicted molar refractivity (Wildman–Crippen MR) is 166 cm³/mol. The number of benzene rings is 2. The lowest BCUT2D eigenvalue weighted by Gasteiger charge is -2.29. The Bertz CT molecular complexity index is 1500. The number of hydrogen-bond donors (Lipinski definition) is 2. The number of rotatable bonds is 10. The summed E-state index contributed by atoms with van der Waals surface area (Å²) in [5.41, 5.74) is 4.69. The average molecular weight is 616 g/mol. The van der Waals surface area contributed by atoms with E-state index in [2.05, 4.69) is 42.5 Å². The number of ether oxygens (including phenoxy) is 2. The highest BCUT2D eigenvalue weighted by molar-refractivity contribution is 7.89. The van der Waals surface area contributed by atoms with Crippen LogP contribution in [0, 0.1) is 0 Å². The van der Waals surface area contributed by atoms with Crippen LogP contribution in [0.4, 0.5) is 28.8 Å². The minimum Gasteiger partial charge on any atom is -0.383 e. The SMILES string of the molecule is COCCN1CCc2ccc(Nc3ncc(Cl)c(Nc4ccc(N5CCOCC5)cc4S(=O)(=O)N(C)C)n3)cc2CC1. The molecule has 0 spiro atoms. The third kappa shape index (κ3) is 7.13. The van der Waals surface area contributed by atoms with E-state index in [1.165, 1.54) is 35.7 Å². The summed E-state index contributed by atoms with van der Waals surface area (Å²) >= 11 is 6.48. The molecule has 0 atom stereocenters. The van der Waals surface area contributed by atoms with Crippen LogP contribution in [0.1, 0.15) is 11.1 Å². The fraction of sp³-hybridized carbons (Fsp3) is 0.448. The van der Waals surface area contributed by atoms with Crippen LogP contribution in [0.3, 0.4) is 0 Å². The molecule has 1 saturated heterocycles. The Labute approximate surface area is 252 Å². The van der Waals surface area contributed by atoms with Gasteiger partial charge in [0.2, 0.25) is 16.0 Å². The zero-order valence-corrected chi connectivity index (χ0v) is 25.8. The summed E-state index contributed by atoms with van der Waals surface area (Å²) in [4.78, 5) is 13.6. The molecule has 226 valence electrons. The van der Waals surface area contributed by atoms with E-state index < -0.39 is 10.0 Å². The van der Waals surface area contributed by atoms with E-state index in [9.17, 15) is 8.42 Å². The number of hydrogen-bond acceptors (Lipinski definition) is 10. The summed E-state index contributed by atoms with van der Waals surface area (Å²) in [7, 11) is 0.976. The maximum atomic E-state index is 13.3. The van der Waals surface area contributed by atoms with Crippen LogP contribution in [0.2, 0.25) is 5.02 Å². The van der Waals surface area contributed by atoms with E-state index in [0.29, 0.717) is 43.8 Å². The summed E-state index contributed by atoms with van der Waals surface area (Å²) in [6.45, 7) is 6.22. The molecular weight excluding hydrogens is 578 g/mol. The van der Waals surface area contributed by atoms with Gasteiger partial charge in [0.15, 0.2) is 5.82 Å². The molecule has 0 saturated carbocycles. The summed E-state index contributed by atoms with van der Waals surface area (Å²) in [5, 5.41) is 6.71. The fourth-order valence-electron chi connectivity index (χ4n) is 5.11. The Morgan fingerprint density at radius 1 is 1.02 bits per heavy atom. The normalized spacial score (nSPS) is 16.3. The Morgan fingerprint density at radius 3 is 2.52 bits per heavy atom. The highest BCUT2D eigenvalue weighted by Crippen LogP contribution is 2.33. The van der Waals surface area contributed by atoms with Gasteiger partial charge in [-0.25, -0.2) is 17.7 Å². The van der Waals surface area contributed by atoms with Crippen LogP contribution in [0.25, 0.3) is 0 Å². The van der Waals surface area contributed by atoms with Crippen molar-refractivity contribution in [1.82, 2.24) is 19.2 Å². The van der Waals surface area contributed by atoms with Crippen molar-refractivity contribution in [3.8, 4) is 0 Å². The number of fused-ring (bicyclic) bond motifs is 1. The van der Waals surface area contributed by atoms with Crippen LogP contribution in [0.15, 0.2) is 47.5 Å². The van der Waals surface area contributed by atoms with Gasteiger partial charge in [-0.15, -0.1) is 0 Å². The number of aromatic nitrogens is 2. The smallest absolute Gasteiger partial charge is 0.244 e. The Kier molecular flexibility index (Phi) is 9.81. The minimum absolute atomic E-state index is 0.131. The van der Waals surface area contributed by atoms with E-state index in [4.69, 9.17) is 21.1 Å². The molecule has 1 aromatic heterocycles. The number of nitrogens with zero attached hydrogens (tertiary/aromatic N) is 5. The molecule has 0 unspecified atom stereocenters. The van der Waals surface area contributed by atoms with Crippen molar-refractivity contribution in [2.24, 2.45) is 0 Å². The summed E-state index contributed by atoms with van der Waals surface area (Å²) in [5.74, 6) is 0.645. The Morgan fingerprint density at radius 2 is 1.79 bits per heavy atom. The number of morpholine rings is 1. The molecule has 42 heavy (non-hydrogen) atoms. The molecule has 2 aliphatic heterocycles. The van der Waals surface area contributed by atoms with Gasteiger partial charge in [-0.1, -0.05) is 17.7 Å². The van der Waals surface area contributed by atoms with Gasteiger partial charge in [0.05, 0.1) is 31.7 Å². The summed E-state index contributed by atoms with van der Waals surface area (Å²) < 4.78 is 38.6. The molecule has 13 heteroatoms. The largest absolute Gasteiger partial charge is 0.383 e. The Balaban J connectivity index is 1.37. The molecule has 2 N–H and O–H groups in total. The second-order valence-corrected chi connectivity index (χ2v) is 13.1. The van der Waals surface area contributed by atoms with Gasteiger partial charge in [-0.2, -0.15) is 4.98 Å². The van der Waals surface area contributed by atoms with Crippen molar-refractivity contribution in [3.05, 3.63) is 58.7 Å². The van der Waals surface area contributed by atoms with Crippen LogP contribution >= 0.6 is 11.6 Å².